The van der Waals surface area contributed by atoms with Crippen molar-refractivity contribution in [2.24, 2.45) is 0 Å². The van der Waals surface area contributed by atoms with Gasteiger partial charge in [-0.2, -0.15) is 5.26 Å². The molecule has 0 spiro atoms. The molecule has 0 saturated heterocycles. The Morgan fingerprint density at radius 2 is 1.69 bits per heavy atom. The average molecular weight is 232 g/mol. The number of hydrogen-bond acceptors (Lipinski definition) is 1. The van der Waals surface area contributed by atoms with Gasteiger partial charge in [-0.15, -0.1) is 0 Å². The smallest absolute Gasteiger partial charge is 0.0997 e. The Morgan fingerprint density at radius 1 is 1.06 bits per heavy atom. The van der Waals surface area contributed by atoms with E-state index in [2.05, 4.69) is 6.07 Å². The van der Waals surface area contributed by atoms with Crippen LogP contribution in [0.25, 0.3) is 5.57 Å². The third-order valence-electron chi connectivity index (χ3n) is 3.06. The van der Waals surface area contributed by atoms with Crippen molar-refractivity contribution in [3.8, 4) is 6.07 Å². The van der Waals surface area contributed by atoms with Crippen LogP contribution in [0.1, 0.15) is 37.7 Å². The van der Waals surface area contributed by atoms with Crippen LogP contribution in [0.5, 0.6) is 0 Å². The zero-order chi connectivity index (χ0) is 11.4. The second kappa shape index (κ2) is 5.18. The van der Waals surface area contributed by atoms with Crippen LogP contribution in [0.3, 0.4) is 0 Å². The Labute approximate surface area is 101 Å². The van der Waals surface area contributed by atoms with Gasteiger partial charge in [-0.3, -0.25) is 0 Å². The second-order valence-corrected chi connectivity index (χ2v) is 4.59. The highest BCUT2D eigenvalue weighted by atomic mass is 35.5. The highest BCUT2D eigenvalue weighted by Gasteiger charge is 2.12. The van der Waals surface area contributed by atoms with Crippen molar-refractivity contribution in [1.29, 1.82) is 5.26 Å². The molecular weight excluding hydrogens is 218 g/mol. The highest BCUT2D eigenvalue weighted by molar-refractivity contribution is 6.30. The van der Waals surface area contributed by atoms with Gasteiger partial charge in [0.2, 0.25) is 0 Å². The lowest BCUT2D eigenvalue weighted by atomic mass is 9.89. The number of hydrogen-bond donors (Lipinski definition) is 0. The molecule has 0 unspecified atom stereocenters. The fraction of sp³-hybridized carbons (Fsp3) is 0.357. The molecular formula is C14H14ClN. The SMILES string of the molecule is N#CC(=C1CCCCC1)c1ccc(Cl)cc1. The predicted molar refractivity (Wildman–Crippen MR) is 67.1 cm³/mol. The lowest BCUT2D eigenvalue weighted by molar-refractivity contribution is 0.601. The summed E-state index contributed by atoms with van der Waals surface area (Å²) in [7, 11) is 0. The van der Waals surface area contributed by atoms with Gasteiger partial charge >= 0.3 is 0 Å². The Balaban J connectivity index is 2.35. The molecule has 82 valence electrons. The van der Waals surface area contributed by atoms with Crippen molar-refractivity contribution in [2.75, 3.05) is 0 Å². The third kappa shape index (κ3) is 2.46. The van der Waals surface area contributed by atoms with E-state index in [1.165, 1.54) is 24.8 Å². The van der Waals surface area contributed by atoms with Gasteiger partial charge in [-0.05, 0) is 43.4 Å². The van der Waals surface area contributed by atoms with Gasteiger partial charge in [0.1, 0.15) is 0 Å². The van der Waals surface area contributed by atoms with Gasteiger partial charge in [0.05, 0.1) is 11.6 Å². The van der Waals surface area contributed by atoms with Crippen molar-refractivity contribution >= 4 is 17.2 Å². The molecule has 0 aromatic heterocycles. The quantitative estimate of drug-likeness (QED) is 0.649. The first-order valence-electron chi connectivity index (χ1n) is 5.69. The van der Waals surface area contributed by atoms with Gasteiger partial charge in [0.25, 0.3) is 0 Å². The fourth-order valence-electron chi connectivity index (χ4n) is 2.19. The Morgan fingerprint density at radius 3 is 2.25 bits per heavy atom. The molecule has 0 N–H and O–H groups in total. The van der Waals surface area contributed by atoms with Crippen LogP contribution < -0.4 is 0 Å². The standard InChI is InChI=1S/C14H14ClN/c15-13-8-6-12(7-9-13)14(10-16)11-4-2-1-3-5-11/h6-9H,1-5H2. The molecule has 0 radical (unpaired) electrons. The molecule has 0 aliphatic heterocycles. The number of nitrogens with zero attached hydrogens (tertiary/aromatic N) is 1. The molecule has 2 heteroatoms. The van der Waals surface area contributed by atoms with Gasteiger partial charge in [0, 0.05) is 5.02 Å². The minimum atomic E-state index is 0.717. The molecule has 0 bridgehead atoms. The molecule has 0 atom stereocenters. The molecule has 0 amide bonds. The lowest BCUT2D eigenvalue weighted by Crippen LogP contribution is -1.97. The van der Waals surface area contributed by atoms with Crippen LogP contribution in [0.15, 0.2) is 29.8 Å². The summed E-state index contributed by atoms with van der Waals surface area (Å²) in [5.41, 5.74) is 3.18. The summed E-state index contributed by atoms with van der Waals surface area (Å²) >= 11 is 5.85. The largest absolute Gasteiger partial charge is 0.192 e. The van der Waals surface area contributed by atoms with E-state index in [0.717, 1.165) is 29.0 Å². The van der Waals surface area contributed by atoms with Gasteiger partial charge in [0.15, 0.2) is 0 Å². The fourth-order valence-corrected chi connectivity index (χ4v) is 2.32. The van der Waals surface area contributed by atoms with E-state index in [0.29, 0.717) is 0 Å². The van der Waals surface area contributed by atoms with Crippen molar-refractivity contribution in [3.05, 3.63) is 40.4 Å². The zero-order valence-electron chi connectivity index (χ0n) is 9.17. The molecule has 1 saturated carbocycles. The highest BCUT2D eigenvalue weighted by Crippen LogP contribution is 2.30. The minimum Gasteiger partial charge on any atom is -0.192 e. The monoisotopic (exact) mass is 231 g/mol. The van der Waals surface area contributed by atoms with Crippen LogP contribution in [0.2, 0.25) is 5.02 Å². The maximum atomic E-state index is 9.26. The summed E-state index contributed by atoms with van der Waals surface area (Å²) in [6.45, 7) is 0. The first kappa shape index (κ1) is 11.2. The molecule has 1 aromatic carbocycles. The summed E-state index contributed by atoms with van der Waals surface area (Å²) in [4.78, 5) is 0. The van der Waals surface area contributed by atoms with Gasteiger partial charge in [-0.25, -0.2) is 0 Å². The molecule has 1 fully saturated rings. The summed E-state index contributed by atoms with van der Waals surface area (Å²) in [6.07, 6.45) is 5.88. The predicted octanol–water partition coefficient (Wildman–Crippen LogP) is 4.58. The molecule has 16 heavy (non-hydrogen) atoms. The molecule has 2 rings (SSSR count). The van der Waals surface area contributed by atoms with Crippen molar-refractivity contribution in [3.63, 3.8) is 0 Å². The maximum Gasteiger partial charge on any atom is 0.0997 e. The van der Waals surface area contributed by atoms with Crippen molar-refractivity contribution in [2.45, 2.75) is 32.1 Å². The molecule has 1 aromatic rings. The topological polar surface area (TPSA) is 23.8 Å². The van der Waals surface area contributed by atoms with Crippen LogP contribution in [0, 0.1) is 11.3 Å². The van der Waals surface area contributed by atoms with Gasteiger partial charge in [-0.1, -0.05) is 35.7 Å². The minimum absolute atomic E-state index is 0.717. The number of rotatable bonds is 1. The summed E-state index contributed by atoms with van der Waals surface area (Å²) in [6, 6.07) is 9.90. The van der Waals surface area contributed by atoms with E-state index in [1.807, 2.05) is 24.3 Å². The first-order valence-corrected chi connectivity index (χ1v) is 6.07. The third-order valence-corrected chi connectivity index (χ3v) is 3.31. The van der Waals surface area contributed by atoms with Crippen LogP contribution in [-0.2, 0) is 0 Å². The molecule has 1 nitrogen and oxygen atoms in total. The van der Waals surface area contributed by atoms with Crippen LogP contribution in [0.4, 0.5) is 0 Å². The summed E-state index contributed by atoms with van der Waals surface area (Å²) < 4.78 is 0. The zero-order valence-corrected chi connectivity index (χ0v) is 9.93. The van der Waals surface area contributed by atoms with Crippen molar-refractivity contribution < 1.29 is 0 Å². The van der Waals surface area contributed by atoms with E-state index >= 15 is 0 Å². The number of halogens is 1. The lowest BCUT2D eigenvalue weighted by Gasteiger charge is -2.15. The Hall–Kier alpha value is -1.26. The van der Waals surface area contributed by atoms with E-state index in [1.54, 1.807) is 0 Å². The summed E-state index contributed by atoms with van der Waals surface area (Å²) in [5.74, 6) is 0. The Bertz CT molecular complexity index is 429. The number of nitriles is 1. The summed E-state index contributed by atoms with van der Waals surface area (Å²) in [5, 5.41) is 9.98. The molecule has 0 heterocycles. The van der Waals surface area contributed by atoms with Gasteiger partial charge < -0.3 is 0 Å². The van der Waals surface area contributed by atoms with Crippen LogP contribution in [-0.4, -0.2) is 0 Å². The molecule has 1 aliphatic carbocycles. The van der Waals surface area contributed by atoms with E-state index < -0.39 is 0 Å². The van der Waals surface area contributed by atoms with Crippen LogP contribution >= 0.6 is 11.6 Å². The van der Waals surface area contributed by atoms with Crippen molar-refractivity contribution in [1.82, 2.24) is 0 Å². The van der Waals surface area contributed by atoms with E-state index in [-0.39, 0.29) is 0 Å². The number of benzene rings is 1. The Kier molecular flexibility index (Phi) is 3.64. The number of allylic oxidation sites excluding steroid dienone is 2. The molecule has 1 aliphatic rings. The van der Waals surface area contributed by atoms with E-state index in [4.69, 9.17) is 11.6 Å². The maximum absolute atomic E-state index is 9.26. The second-order valence-electron chi connectivity index (χ2n) is 4.16. The average Bonchev–Trinajstić information content (AvgIpc) is 2.34. The normalized spacial score (nSPS) is 15.6. The first-order chi connectivity index (χ1) is 7.81. The van der Waals surface area contributed by atoms with E-state index in [9.17, 15) is 5.26 Å².